The molecule has 0 unspecified atom stereocenters. The molecule has 9 heterocycles. The fraction of sp³-hybridized carbons (Fsp3) is 0.266. The van der Waals surface area contributed by atoms with Crippen molar-refractivity contribution in [1.82, 2.24) is 23.3 Å². The van der Waals surface area contributed by atoms with Crippen molar-refractivity contribution in [2.45, 2.75) is 188 Å². The van der Waals surface area contributed by atoms with Gasteiger partial charge in [0.15, 0.2) is 11.5 Å². The van der Waals surface area contributed by atoms with Crippen LogP contribution in [0.5, 0.6) is 11.5 Å². The van der Waals surface area contributed by atoms with Gasteiger partial charge in [0.25, 0.3) is 0 Å². The van der Waals surface area contributed by atoms with E-state index in [1.807, 2.05) is 36.5 Å². The average molecular weight is 1910 g/mol. The van der Waals surface area contributed by atoms with Gasteiger partial charge in [-0.05, 0) is 286 Å². The molecule has 0 atom stereocenters. The van der Waals surface area contributed by atoms with Crippen molar-refractivity contribution in [3.05, 3.63) is 351 Å². The van der Waals surface area contributed by atoms with Crippen LogP contribution in [0.2, 0.25) is 0 Å². The largest absolute Gasteiger partial charge is 0.492 e. The Morgan fingerprint density at radius 1 is 0.362 bits per heavy atom. The maximum atomic E-state index is 12.2. The molecule has 22 rings (SSSR count). The van der Waals surface area contributed by atoms with E-state index >= 15 is 0 Å². The van der Waals surface area contributed by atoms with E-state index in [-0.39, 0.29) is 78.8 Å². The topological polar surface area (TPSA) is 114 Å². The second kappa shape index (κ2) is 45.5. The minimum Gasteiger partial charge on any atom is -0.492 e. The van der Waals surface area contributed by atoms with Crippen molar-refractivity contribution in [2.75, 3.05) is 13.2 Å². The maximum Gasteiger partial charge on any atom is 0.233 e. The monoisotopic (exact) mass is 1910 g/mol. The second-order valence-electron chi connectivity index (χ2n) is 37.2. The van der Waals surface area contributed by atoms with Crippen LogP contribution in [-0.4, -0.2) is 48.0 Å². The summed E-state index contributed by atoms with van der Waals surface area (Å²) in [5.41, 5.74) is 31.4. The van der Waals surface area contributed by atoms with Gasteiger partial charge in [-0.1, -0.05) is 230 Å². The number of H-pyrrole nitrogens is 1. The Labute approximate surface area is 845 Å². The highest BCUT2D eigenvalue weighted by atomic mass is 32.1. The van der Waals surface area contributed by atoms with E-state index in [4.69, 9.17) is 18.3 Å². The van der Waals surface area contributed by atoms with Crippen LogP contribution in [0.25, 0.3) is 169 Å². The number of aromatic nitrogens is 5. The van der Waals surface area contributed by atoms with Crippen LogP contribution in [0.3, 0.4) is 0 Å². The van der Waals surface area contributed by atoms with Gasteiger partial charge in [-0.3, -0.25) is 9.59 Å². The zero-order valence-corrected chi connectivity index (χ0v) is 83.3. The number of ether oxygens (including phenoxy) is 2. The van der Waals surface area contributed by atoms with Gasteiger partial charge in [-0.25, -0.2) is 0 Å². The molecule has 0 saturated carbocycles. The van der Waals surface area contributed by atoms with Gasteiger partial charge < -0.3 is 41.6 Å². The highest BCUT2D eigenvalue weighted by Gasteiger charge is 2.38. The number of nitrogens with one attached hydrogen (secondary N) is 1. The Bertz CT molecular complexity index is 8080. The van der Waals surface area contributed by atoms with Crippen LogP contribution >= 0.6 is 22.7 Å². The number of carbonyl (C=O) groups excluding carboxylic acids is 2. The summed E-state index contributed by atoms with van der Waals surface area (Å²) in [4.78, 5) is 33.1. The zero-order chi connectivity index (χ0) is 95.1. The summed E-state index contributed by atoms with van der Waals surface area (Å²) in [5, 5.41) is 13.3. The number of nitrogens with zero attached hydrogens (tertiary/aromatic N) is 4. The molecule has 1 N–H and O–H groups in total. The number of ketones is 2. The number of benzene rings is 10. The summed E-state index contributed by atoms with van der Waals surface area (Å²) in [6.45, 7) is 39.4. The number of fused-ring (bicyclic) bond motifs is 19. The van der Waals surface area contributed by atoms with E-state index in [9.17, 15) is 9.59 Å². The van der Waals surface area contributed by atoms with E-state index in [2.05, 4.69) is 403 Å². The number of carbonyl (C=O) groups is 2. The predicted octanol–water partition coefficient (Wildman–Crippen LogP) is 37.6. The first-order valence-electron chi connectivity index (χ1n) is 47.2. The van der Waals surface area contributed by atoms with Crippen molar-refractivity contribution >= 4 is 203 Å². The second-order valence-corrected chi connectivity index (χ2v) is 39.6. The summed E-state index contributed by atoms with van der Waals surface area (Å²) < 4.78 is 33.3. The first-order chi connectivity index (χ1) is 65.1. The molecule has 3 aliphatic rings. The molecule has 0 aliphatic heterocycles. The van der Waals surface area contributed by atoms with E-state index < -0.39 is 0 Å². The van der Waals surface area contributed by atoms with Crippen LogP contribution < -0.4 is 9.47 Å². The number of aromatic amines is 1. The van der Waals surface area contributed by atoms with Crippen LogP contribution in [0.4, 0.5) is 0 Å². The molecule has 141 heavy (non-hydrogen) atoms. The summed E-state index contributed by atoms with van der Waals surface area (Å²) in [7, 11) is 6.49. The predicted molar refractivity (Wildman–Crippen MR) is 621 cm³/mol. The molecule has 0 fully saturated rings. The van der Waals surface area contributed by atoms with Crippen molar-refractivity contribution in [3.63, 3.8) is 0 Å². The van der Waals surface area contributed by atoms with Gasteiger partial charge in [0, 0.05) is 191 Å². The first kappa shape index (κ1) is 107. The minimum atomic E-state index is -0.299. The molecular weight excluding hydrogens is 1770 g/mol. The standard InChI is InChI=1S/C32H36O2S2.C24H22N2.C19H21N.C17H17N.C16H15N.C14H10O4.6CH4/c1-7-8-24-10-12-30(36-24)23-15-27-28(16-23)32(34-18-20(4)5)26-14-22(29-11-9-21(6)35-29)13-25(26)31(27)33-17-19(2)3;1-5-6-16-8-10-18-20-14-23-19(13-24(20)26(4)22(18)12-16)17-9-7-15(2)11-21(17)25(23)3;1-5-6-15-8-10-17-16-9-7-14(4)11-18(16)20(13(2)3)19(17)12-15;1-4-5-13-7-9-15-14-8-6-12(2)10-16(14)18(3)17(15)11-13;1-3-4-12-6-8-14-13-7-5-11(2)9-15(13)17-16(14)10-12;1-3-4-8-6-10-12(16)13-9(5-7(2)17-13)11(15)14(10)18-8;;;;;;/h7-13,16,19-20H,14-15,17-18H2,1-6H3;5-14H,1-4H3;5-13H,1-4H3;4-11H,1-3H3;3-10,17H,1-2H3;3-6H,1-2H3;6*1H4/b8-7+;2*6-5+;5-4+;2*4-3+;;;;;;. The summed E-state index contributed by atoms with van der Waals surface area (Å²) in [5.74, 6) is 3.70. The normalized spacial score (nSPS) is 12.5. The first-order valence-corrected chi connectivity index (χ1v) is 48.9. The fourth-order valence-corrected chi connectivity index (χ4v) is 21.1. The van der Waals surface area contributed by atoms with Crippen molar-refractivity contribution < 1.29 is 27.9 Å². The molecule has 13 heteroatoms. The Kier molecular flexibility index (Phi) is 34.7. The van der Waals surface area contributed by atoms with Crippen LogP contribution in [0.15, 0.2) is 239 Å². The van der Waals surface area contributed by atoms with Gasteiger partial charge in [-0.15, -0.1) is 22.7 Å². The molecule has 10 aromatic carbocycles. The zero-order valence-electron chi connectivity index (χ0n) is 81.7. The number of hydrogen-bond donors (Lipinski definition) is 1. The van der Waals surface area contributed by atoms with Gasteiger partial charge >= 0.3 is 0 Å². The van der Waals surface area contributed by atoms with Crippen LogP contribution in [0, 0.1) is 53.4 Å². The highest BCUT2D eigenvalue weighted by molar-refractivity contribution is 7.14. The van der Waals surface area contributed by atoms with Crippen LogP contribution in [0.1, 0.15) is 264 Å². The number of allylic oxidation sites excluding steroid dienone is 8. The lowest BCUT2D eigenvalue weighted by atomic mass is 9.94. The summed E-state index contributed by atoms with van der Waals surface area (Å²) in [6, 6.07) is 70.7. The molecule has 11 nitrogen and oxygen atoms in total. The Hall–Kier alpha value is -14.0. The molecule has 0 bridgehead atoms. The van der Waals surface area contributed by atoms with Crippen molar-refractivity contribution in [1.29, 1.82) is 0 Å². The third-order valence-electron chi connectivity index (χ3n) is 25.6. The SMILES string of the molecule is C.C.C.C.C.C.C/C=C/c1cc2c(o1)C(=O)c1cc(C)oc1C2=O.C/C=C/c1ccc(C2=Cc3c(c(OCC(C)C)c4c(c3OCC(C)C)CC(c3ccc(C)s3)=C4)C2)s1.C/C=C/c1ccc2c(c1)[nH]c1cc(C)ccc12.C/C=C/c1ccc2c3cc4c(cc3n(C)c2c1)c1ccc(C)cc1n4C.C/C=C/c1ccc2c3ccc(C)cc3n(C(C)C)c2c1.C/C=C/c1ccc2c3ccc(C)cc3n(C)c2c1. The molecule has 3 aliphatic carbocycles. The Balaban J connectivity index is 0.000000164. The molecule has 9 aromatic heterocycles. The van der Waals surface area contributed by atoms with Gasteiger partial charge in [-0.2, -0.15) is 0 Å². The lowest BCUT2D eigenvalue weighted by molar-refractivity contribution is 0.0943. The quantitative estimate of drug-likeness (QED) is 0.109. The Morgan fingerprint density at radius 2 is 0.716 bits per heavy atom. The molecule has 0 amide bonds. The van der Waals surface area contributed by atoms with Gasteiger partial charge in [0.2, 0.25) is 11.6 Å². The van der Waals surface area contributed by atoms with E-state index in [1.54, 1.807) is 31.2 Å². The highest BCUT2D eigenvalue weighted by Crippen LogP contribution is 2.53. The Morgan fingerprint density at radius 3 is 1.16 bits per heavy atom. The molecule has 19 aromatic rings. The van der Waals surface area contributed by atoms with Gasteiger partial charge in [0.1, 0.15) is 23.0 Å². The van der Waals surface area contributed by atoms with E-state index in [0.29, 0.717) is 42.6 Å². The number of aryl methyl sites for hydroxylation is 9. The number of furan rings is 2. The molecular formula is C128H145N5O6S2. The number of thiophene rings is 2. The van der Waals surface area contributed by atoms with Gasteiger partial charge in [0.05, 0.1) is 24.3 Å². The summed E-state index contributed by atoms with van der Waals surface area (Å²) in [6.07, 6.45) is 31.2. The third-order valence-corrected chi connectivity index (χ3v) is 27.8. The molecule has 0 saturated heterocycles. The average Bonchev–Trinajstić information content (AvgIpc) is 1.58. The third kappa shape index (κ3) is 21.5. The molecule has 730 valence electrons. The smallest absolute Gasteiger partial charge is 0.233 e. The summed E-state index contributed by atoms with van der Waals surface area (Å²) >= 11 is 3.72. The lowest BCUT2D eigenvalue weighted by Gasteiger charge is -2.21. The number of rotatable bonds is 15. The number of hydrogen-bond acceptors (Lipinski definition) is 8. The lowest BCUT2D eigenvalue weighted by Crippen LogP contribution is -2.16. The fourth-order valence-electron chi connectivity index (χ4n) is 19.3. The van der Waals surface area contributed by atoms with Crippen molar-refractivity contribution in [2.24, 2.45) is 33.0 Å². The van der Waals surface area contributed by atoms with E-state index in [1.165, 1.54) is 206 Å². The molecule has 0 radical (unpaired) electrons. The van der Waals surface area contributed by atoms with E-state index in [0.717, 1.165) is 24.3 Å². The molecule has 0 spiro atoms. The van der Waals surface area contributed by atoms with Crippen molar-refractivity contribution in [3.8, 4) is 11.5 Å². The van der Waals surface area contributed by atoms with Crippen LogP contribution in [-0.2, 0) is 34.0 Å². The maximum absolute atomic E-state index is 12.2. The minimum absolute atomic E-state index is 0.